The van der Waals surface area contributed by atoms with Crippen molar-refractivity contribution >= 4 is 33.5 Å². The second-order valence-electron chi connectivity index (χ2n) is 6.60. The quantitative estimate of drug-likeness (QED) is 0.188. The van der Waals surface area contributed by atoms with Crippen molar-refractivity contribution in [3.05, 3.63) is 118 Å². The van der Waals surface area contributed by atoms with Crippen LogP contribution in [0.2, 0.25) is 0 Å². The van der Waals surface area contributed by atoms with E-state index in [0.717, 1.165) is 26.0 Å². The minimum absolute atomic E-state index is 0.277. The van der Waals surface area contributed by atoms with Gasteiger partial charge in [0.15, 0.2) is 14.7 Å². The molecular weight excluding hydrogens is 513 g/mol. The summed E-state index contributed by atoms with van der Waals surface area (Å²) in [6.07, 6.45) is 0. The lowest BCUT2D eigenvalue weighted by Gasteiger charge is -2.10. The molecular formula is C25H18F2IOS+. The van der Waals surface area contributed by atoms with Crippen LogP contribution in [-0.4, -0.2) is 0 Å². The lowest BCUT2D eigenvalue weighted by molar-refractivity contribution is 0.306. The highest BCUT2D eigenvalue weighted by atomic mass is 127. The summed E-state index contributed by atoms with van der Waals surface area (Å²) in [6, 6.07) is 29.1. The molecule has 1 nitrogen and oxygen atoms in total. The Kier molecular flexibility index (Phi) is 6.69. The highest BCUT2D eigenvalue weighted by Gasteiger charge is 2.28. The molecule has 0 fully saturated rings. The Balaban J connectivity index is 1.58. The highest BCUT2D eigenvalue weighted by molar-refractivity contribution is 14.1. The summed E-state index contributed by atoms with van der Waals surface area (Å²) < 4.78 is 34.0. The molecule has 4 rings (SSSR count). The van der Waals surface area contributed by atoms with Crippen molar-refractivity contribution in [1.29, 1.82) is 0 Å². The first-order chi connectivity index (χ1) is 14.6. The van der Waals surface area contributed by atoms with E-state index in [1.807, 2.05) is 24.3 Å². The molecule has 30 heavy (non-hydrogen) atoms. The molecule has 0 N–H and O–H groups in total. The van der Waals surface area contributed by atoms with E-state index < -0.39 is 10.9 Å². The monoisotopic (exact) mass is 531 g/mol. The van der Waals surface area contributed by atoms with Crippen LogP contribution in [0.5, 0.6) is 5.75 Å². The zero-order valence-electron chi connectivity index (χ0n) is 15.9. The standard InChI is InChI=1S/C25H18F2IOS/c26-19-3-11-23(12-4-19)30(24-13-5-20(27)6-14-24)25-15-9-22(10-16-25)29-17-18-1-7-21(28)8-2-18/h1-16H,17H2/q+1. The fraction of sp³-hybridized carbons (Fsp3) is 0.0400. The lowest BCUT2D eigenvalue weighted by atomic mass is 10.2. The van der Waals surface area contributed by atoms with Crippen molar-refractivity contribution in [2.24, 2.45) is 0 Å². The summed E-state index contributed by atoms with van der Waals surface area (Å²) in [5.41, 5.74) is 1.11. The zero-order chi connectivity index (χ0) is 20.9. The molecule has 0 radical (unpaired) electrons. The average molecular weight is 531 g/mol. The van der Waals surface area contributed by atoms with Crippen molar-refractivity contribution in [3.63, 3.8) is 0 Å². The summed E-state index contributed by atoms with van der Waals surface area (Å²) in [6.45, 7) is 0.498. The molecule has 0 saturated carbocycles. The Morgan fingerprint density at radius 2 is 1.03 bits per heavy atom. The normalized spacial score (nSPS) is 10.9. The summed E-state index contributed by atoms with van der Waals surface area (Å²) in [7, 11) is -0.472. The molecule has 0 heterocycles. The van der Waals surface area contributed by atoms with Gasteiger partial charge in [0.25, 0.3) is 0 Å². The Labute approximate surface area is 191 Å². The van der Waals surface area contributed by atoms with E-state index >= 15 is 0 Å². The summed E-state index contributed by atoms with van der Waals surface area (Å²) in [4.78, 5) is 2.99. The van der Waals surface area contributed by atoms with Crippen LogP contribution in [0.15, 0.2) is 112 Å². The van der Waals surface area contributed by atoms with Gasteiger partial charge in [-0.15, -0.1) is 0 Å². The molecule has 0 amide bonds. The van der Waals surface area contributed by atoms with Crippen molar-refractivity contribution in [3.8, 4) is 5.75 Å². The third-order valence-corrected chi connectivity index (χ3v) is 7.43. The fourth-order valence-corrected chi connectivity index (χ4v) is 5.37. The minimum Gasteiger partial charge on any atom is -0.489 e. The molecule has 0 bridgehead atoms. The van der Waals surface area contributed by atoms with Crippen LogP contribution in [0, 0.1) is 15.2 Å². The summed E-state index contributed by atoms with van der Waals surface area (Å²) in [5, 5.41) is 0. The summed E-state index contributed by atoms with van der Waals surface area (Å²) in [5.74, 6) is 0.223. The zero-order valence-corrected chi connectivity index (χ0v) is 18.9. The van der Waals surface area contributed by atoms with Crippen LogP contribution in [-0.2, 0) is 17.5 Å². The van der Waals surface area contributed by atoms with Gasteiger partial charge in [0, 0.05) is 3.57 Å². The molecule has 5 heteroatoms. The van der Waals surface area contributed by atoms with E-state index in [2.05, 4.69) is 46.9 Å². The van der Waals surface area contributed by atoms with Crippen LogP contribution in [0.4, 0.5) is 8.78 Å². The van der Waals surface area contributed by atoms with Gasteiger partial charge < -0.3 is 4.74 Å². The van der Waals surface area contributed by atoms with Gasteiger partial charge in [-0.2, -0.15) is 0 Å². The number of benzene rings is 4. The Hall–Kier alpha value is -2.38. The van der Waals surface area contributed by atoms with Gasteiger partial charge in [0.2, 0.25) is 0 Å². The van der Waals surface area contributed by atoms with Gasteiger partial charge >= 0.3 is 0 Å². The predicted molar refractivity (Wildman–Crippen MR) is 125 cm³/mol. The van der Waals surface area contributed by atoms with Gasteiger partial charge in [0.05, 0.1) is 10.9 Å². The largest absolute Gasteiger partial charge is 0.489 e. The van der Waals surface area contributed by atoms with Crippen molar-refractivity contribution in [1.82, 2.24) is 0 Å². The molecule has 0 unspecified atom stereocenters. The fourth-order valence-electron chi connectivity index (χ4n) is 2.97. The maximum atomic E-state index is 13.4. The van der Waals surface area contributed by atoms with E-state index in [9.17, 15) is 8.78 Å². The van der Waals surface area contributed by atoms with E-state index in [-0.39, 0.29) is 11.6 Å². The molecule has 150 valence electrons. The van der Waals surface area contributed by atoms with Crippen molar-refractivity contribution < 1.29 is 13.5 Å². The van der Waals surface area contributed by atoms with Gasteiger partial charge in [-0.3, -0.25) is 0 Å². The maximum absolute atomic E-state index is 13.4. The third kappa shape index (κ3) is 5.21. The van der Waals surface area contributed by atoms with Crippen LogP contribution in [0.25, 0.3) is 0 Å². The van der Waals surface area contributed by atoms with E-state index in [0.29, 0.717) is 6.61 Å². The van der Waals surface area contributed by atoms with Gasteiger partial charge in [0.1, 0.15) is 24.0 Å². The average Bonchev–Trinajstić information content (AvgIpc) is 2.77. The molecule has 0 aliphatic heterocycles. The smallest absolute Gasteiger partial charge is 0.166 e. The Morgan fingerprint density at radius 1 is 0.600 bits per heavy atom. The molecule has 4 aromatic carbocycles. The molecule has 0 saturated heterocycles. The summed E-state index contributed by atoms with van der Waals surface area (Å²) >= 11 is 2.28. The van der Waals surface area contributed by atoms with E-state index in [1.54, 1.807) is 24.3 Å². The van der Waals surface area contributed by atoms with Crippen molar-refractivity contribution in [2.75, 3.05) is 0 Å². The molecule has 4 aromatic rings. The first-order valence-corrected chi connectivity index (χ1v) is 11.6. The molecule has 0 aliphatic rings. The Morgan fingerprint density at radius 3 is 1.50 bits per heavy atom. The minimum atomic E-state index is -0.472. The molecule has 0 aliphatic carbocycles. The highest BCUT2D eigenvalue weighted by Crippen LogP contribution is 2.32. The predicted octanol–water partition coefficient (Wildman–Crippen LogP) is 7.24. The number of hydrogen-bond donors (Lipinski definition) is 0. The van der Waals surface area contributed by atoms with Crippen LogP contribution >= 0.6 is 22.6 Å². The number of ether oxygens (including phenoxy) is 1. The number of hydrogen-bond acceptors (Lipinski definition) is 1. The molecule has 0 aromatic heterocycles. The number of halogens is 3. The SMILES string of the molecule is Fc1ccc([S+](c2ccc(F)cc2)c2ccc(OCc3ccc(I)cc3)cc2)cc1. The van der Waals surface area contributed by atoms with Gasteiger partial charge in [-0.25, -0.2) is 8.78 Å². The third-order valence-electron chi connectivity index (χ3n) is 4.48. The van der Waals surface area contributed by atoms with Crippen LogP contribution in [0.3, 0.4) is 0 Å². The van der Waals surface area contributed by atoms with Crippen molar-refractivity contribution in [2.45, 2.75) is 21.3 Å². The van der Waals surface area contributed by atoms with Crippen LogP contribution in [0.1, 0.15) is 5.56 Å². The topological polar surface area (TPSA) is 9.23 Å². The first kappa shape index (κ1) is 20.9. The molecule has 0 spiro atoms. The number of rotatable bonds is 6. The van der Waals surface area contributed by atoms with E-state index in [1.165, 1.54) is 27.8 Å². The second kappa shape index (κ2) is 9.62. The maximum Gasteiger partial charge on any atom is 0.166 e. The van der Waals surface area contributed by atoms with E-state index in [4.69, 9.17) is 4.74 Å². The van der Waals surface area contributed by atoms with Gasteiger partial charge in [-0.05, 0) is 113 Å². The van der Waals surface area contributed by atoms with Crippen LogP contribution < -0.4 is 4.74 Å². The Bertz CT molecular complexity index is 1050. The first-order valence-electron chi connectivity index (χ1n) is 9.31. The van der Waals surface area contributed by atoms with Gasteiger partial charge in [-0.1, -0.05) is 12.1 Å². The lowest BCUT2D eigenvalue weighted by Crippen LogP contribution is -2.05. The molecule has 0 atom stereocenters. The second-order valence-corrected chi connectivity index (χ2v) is 9.87.